The van der Waals surface area contributed by atoms with Gasteiger partial charge in [-0.3, -0.25) is 4.79 Å². The summed E-state index contributed by atoms with van der Waals surface area (Å²) in [5.41, 5.74) is 2.57. The number of ether oxygens (including phenoxy) is 2. The fourth-order valence-corrected chi connectivity index (χ4v) is 2.70. The molecule has 1 aliphatic heterocycles. The number of amides is 1. The zero-order chi connectivity index (χ0) is 14.8. The second kappa shape index (κ2) is 5.48. The highest BCUT2D eigenvalue weighted by atomic mass is 16.5. The number of methoxy groups -OCH3 is 2. The summed E-state index contributed by atoms with van der Waals surface area (Å²) in [6.07, 6.45) is 8.73. The molecule has 1 aromatic rings. The molecule has 1 aromatic carbocycles. The van der Waals surface area contributed by atoms with Crippen LogP contribution in [0.3, 0.4) is 0 Å². The van der Waals surface area contributed by atoms with Gasteiger partial charge in [0.1, 0.15) is 11.5 Å². The molecule has 4 heteroatoms. The summed E-state index contributed by atoms with van der Waals surface area (Å²) >= 11 is 0. The third-order valence-electron chi connectivity index (χ3n) is 3.80. The van der Waals surface area contributed by atoms with Crippen molar-refractivity contribution in [2.24, 2.45) is 5.92 Å². The Hall–Kier alpha value is -2.49. The van der Waals surface area contributed by atoms with E-state index in [9.17, 15) is 4.79 Å². The first-order chi connectivity index (χ1) is 10.2. The van der Waals surface area contributed by atoms with Gasteiger partial charge in [-0.25, -0.2) is 0 Å². The average Bonchev–Trinajstić information content (AvgIpc) is 2.83. The van der Waals surface area contributed by atoms with Crippen molar-refractivity contribution < 1.29 is 14.3 Å². The molecule has 1 aliphatic carbocycles. The van der Waals surface area contributed by atoms with Crippen LogP contribution in [0.1, 0.15) is 12.0 Å². The number of carbonyl (C=O) groups excluding carboxylic acids is 1. The highest BCUT2D eigenvalue weighted by Crippen LogP contribution is 2.35. The lowest BCUT2D eigenvalue weighted by Gasteiger charge is -2.13. The largest absolute Gasteiger partial charge is 0.497 e. The summed E-state index contributed by atoms with van der Waals surface area (Å²) in [6, 6.07) is 5.55. The van der Waals surface area contributed by atoms with Crippen molar-refractivity contribution >= 4 is 12.0 Å². The second-order valence-corrected chi connectivity index (χ2v) is 5.00. The molecule has 1 saturated heterocycles. The van der Waals surface area contributed by atoms with Gasteiger partial charge >= 0.3 is 0 Å². The van der Waals surface area contributed by atoms with Crippen molar-refractivity contribution in [3.05, 3.63) is 53.3 Å². The number of benzene rings is 1. The number of hydrogen-bond acceptors (Lipinski definition) is 3. The van der Waals surface area contributed by atoms with E-state index in [0.717, 1.165) is 34.8 Å². The number of nitrogens with one attached hydrogen (secondary N) is 1. The van der Waals surface area contributed by atoms with Crippen LogP contribution in [-0.2, 0) is 4.79 Å². The third kappa shape index (κ3) is 2.44. The van der Waals surface area contributed by atoms with E-state index in [1.54, 1.807) is 14.2 Å². The highest BCUT2D eigenvalue weighted by Gasteiger charge is 2.32. The molecule has 4 nitrogen and oxygen atoms in total. The van der Waals surface area contributed by atoms with E-state index in [-0.39, 0.29) is 11.8 Å². The van der Waals surface area contributed by atoms with Crippen LogP contribution in [0.25, 0.3) is 6.08 Å². The summed E-state index contributed by atoms with van der Waals surface area (Å²) in [6.45, 7) is 0. The first-order valence-electron chi connectivity index (χ1n) is 6.84. The number of carbonyl (C=O) groups is 1. The van der Waals surface area contributed by atoms with Crippen LogP contribution in [-0.4, -0.2) is 20.1 Å². The lowest BCUT2D eigenvalue weighted by Crippen LogP contribution is -2.13. The number of fused-ring (bicyclic) bond motifs is 1. The molecule has 1 amide bonds. The van der Waals surface area contributed by atoms with Gasteiger partial charge in [-0.05, 0) is 36.8 Å². The fourth-order valence-electron chi connectivity index (χ4n) is 2.70. The van der Waals surface area contributed by atoms with E-state index in [4.69, 9.17) is 9.47 Å². The molecule has 108 valence electrons. The van der Waals surface area contributed by atoms with Crippen molar-refractivity contribution in [2.45, 2.75) is 6.42 Å². The predicted molar refractivity (Wildman–Crippen MR) is 81.0 cm³/mol. The van der Waals surface area contributed by atoms with Gasteiger partial charge in [0, 0.05) is 22.8 Å². The Bertz CT molecular complexity index is 671. The SMILES string of the molecule is COc1ccc(OC)c(C=C2C(=O)NC3=CC=CCC32)c1. The Morgan fingerprint density at radius 2 is 2.14 bits per heavy atom. The Balaban J connectivity index is 2.03. The quantitative estimate of drug-likeness (QED) is 0.868. The second-order valence-electron chi connectivity index (χ2n) is 5.00. The van der Waals surface area contributed by atoms with Crippen LogP contribution in [0.2, 0.25) is 0 Å². The maximum atomic E-state index is 12.2. The lowest BCUT2D eigenvalue weighted by atomic mass is 9.91. The summed E-state index contributed by atoms with van der Waals surface area (Å²) in [5.74, 6) is 1.53. The minimum absolute atomic E-state index is 0.0418. The summed E-state index contributed by atoms with van der Waals surface area (Å²) < 4.78 is 10.6. The molecule has 2 aliphatic rings. The summed E-state index contributed by atoms with van der Waals surface area (Å²) in [5, 5.41) is 2.92. The monoisotopic (exact) mass is 283 g/mol. The van der Waals surface area contributed by atoms with Gasteiger partial charge in [-0.1, -0.05) is 12.2 Å². The summed E-state index contributed by atoms with van der Waals surface area (Å²) in [7, 11) is 3.24. The Kier molecular flexibility index (Phi) is 3.52. The minimum Gasteiger partial charge on any atom is -0.497 e. The summed E-state index contributed by atoms with van der Waals surface area (Å²) in [4.78, 5) is 12.2. The average molecular weight is 283 g/mol. The van der Waals surface area contributed by atoms with Crippen molar-refractivity contribution in [3.63, 3.8) is 0 Å². The van der Waals surface area contributed by atoms with Crippen LogP contribution in [0, 0.1) is 5.92 Å². The smallest absolute Gasteiger partial charge is 0.252 e. The maximum absolute atomic E-state index is 12.2. The van der Waals surface area contributed by atoms with Gasteiger partial charge in [0.25, 0.3) is 5.91 Å². The van der Waals surface area contributed by atoms with Crippen LogP contribution < -0.4 is 14.8 Å². The minimum atomic E-state index is -0.0418. The van der Waals surface area contributed by atoms with Gasteiger partial charge in [0.15, 0.2) is 0 Å². The molecule has 1 N–H and O–H groups in total. The molecule has 3 rings (SSSR count). The zero-order valence-corrected chi connectivity index (χ0v) is 12.1. The van der Waals surface area contributed by atoms with Gasteiger partial charge < -0.3 is 14.8 Å². The predicted octanol–water partition coefficient (Wildman–Crippen LogP) is 2.68. The Morgan fingerprint density at radius 3 is 2.90 bits per heavy atom. The van der Waals surface area contributed by atoms with Crippen molar-refractivity contribution in [1.82, 2.24) is 5.32 Å². The Morgan fingerprint density at radius 1 is 1.29 bits per heavy atom. The van der Waals surface area contributed by atoms with E-state index < -0.39 is 0 Å². The van der Waals surface area contributed by atoms with Crippen molar-refractivity contribution in [2.75, 3.05) is 14.2 Å². The standard InChI is InChI=1S/C17H17NO3/c1-20-12-7-8-16(21-2)11(9-12)10-14-13-5-3-4-6-15(13)18-17(14)19/h3-4,6-10,13H,5H2,1-2H3,(H,18,19). The number of rotatable bonds is 3. The molecule has 21 heavy (non-hydrogen) atoms. The van der Waals surface area contributed by atoms with Gasteiger partial charge in [-0.2, -0.15) is 0 Å². The van der Waals surface area contributed by atoms with Crippen LogP contribution in [0.5, 0.6) is 11.5 Å². The molecule has 0 saturated carbocycles. The molecule has 1 atom stereocenters. The van der Waals surface area contributed by atoms with E-state index in [2.05, 4.69) is 11.4 Å². The molecular formula is C17H17NO3. The molecule has 0 spiro atoms. The molecule has 0 aromatic heterocycles. The van der Waals surface area contributed by atoms with Crippen LogP contribution in [0.4, 0.5) is 0 Å². The first-order valence-corrected chi connectivity index (χ1v) is 6.84. The van der Waals surface area contributed by atoms with E-state index in [0.29, 0.717) is 0 Å². The van der Waals surface area contributed by atoms with Gasteiger partial charge in [0.05, 0.1) is 14.2 Å². The van der Waals surface area contributed by atoms with Crippen molar-refractivity contribution in [1.29, 1.82) is 0 Å². The first kappa shape index (κ1) is 13.5. The molecular weight excluding hydrogens is 266 g/mol. The van der Waals surface area contributed by atoms with E-state index in [1.807, 2.05) is 36.4 Å². The number of hydrogen-bond donors (Lipinski definition) is 1. The molecule has 0 bridgehead atoms. The van der Waals surface area contributed by atoms with E-state index >= 15 is 0 Å². The third-order valence-corrected chi connectivity index (χ3v) is 3.80. The highest BCUT2D eigenvalue weighted by molar-refractivity contribution is 6.03. The van der Waals surface area contributed by atoms with Crippen LogP contribution >= 0.6 is 0 Å². The number of allylic oxidation sites excluding steroid dienone is 4. The molecule has 1 heterocycles. The van der Waals surface area contributed by atoms with Gasteiger partial charge in [0.2, 0.25) is 0 Å². The Labute approximate surface area is 123 Å². The lowest BCUT2D eigenvalue weighted by molar-refractivity contribution is -0.115. The van der Waals surface area contributed by atoms with Gasteiger partial charge in [-0.15, -0.1) is 0 Å². The maximum Gasteiger partial charge on any atom is 0.252 e. The zero-order valence-electron chi connectivity index (χ0n) is 12.1. The normalized spacial score (nSPS) is 21.8. The van der Waals surface area contributed by atoms with E-state index in [1.165, 1.54) is 0 Å². The van der Waals surface area contributed by atoms with Crippen molar-refractivity contribution in [3.8, 4) is 11.5 Å². The molecule has 1 unspecified atom stereocenters. The fraction of sp³-hybridized carbons (Fsp3) is 0.235. The molecule has 0 radical (unpaired) electrons. The van der Waals surface area contributed by atoms with Crippen LogP contribution in [0.15, 0.2) is 47.7 Å². The molecule has 1 fully saturated rings. The topological polar surface area (TPSA) is 47.6 Å².